The molecule has 0 atom stereocenters. The van der Waals surface area contributed by atoms with E-state index in [2.05, 4.69) is 131 Å². The normalized spacial score (nSPS) is 11.0. The van der Waals surface area contributed by atoms with Crippen LogP contribution in [0.5, 0.6) is 0 Å². The molecule has 0 radical (unpaired) electrons. The number of hydrogen-bond acceptors (Lipinski definition) is 4. The predicted molar refractivity (Wildman–Crippen MR) is 216 cm³/mol. The Kier molecular flexibility index (Phi) is 8.71. The molecule has 0 N–H and O–H groups in total. The molecule has 244 valence electrons. The van der Waals surface area contributed by atoms with Crippen molar-refractivity contribution in [3.05, 3.63) is 204 Å². The van der Waals surface area contributed by atoms with E-state index in [-0.39, 0.29) is 0 Å². The van der Waals surface area contributed by atoms with Gasteiger partial charge in [-0.3, -0.25) is 0 Å². The van der Waals surface area contributed by atoms with Gasteiger partial charge in [-0.25, -0.2) is 0 Å². The molecule has 0 amide bonds. The van der Waals surface area contributed by atoms with Gasteiger partial charge in [0.25, 0.3) is 0 Å². The highest BCUT2D eigenvalue weighted by Crippen LogP contribution is 2.38. The molecule has 0 saturated heterocycles. The van der Waals surface area contributed by atoms with E-state index in [9.17, 15) is 10.5 Å². The van der Waals surface area contributed by atoms with Crippen LogP contribution in [0.4, 0.5) is 34.1 Å². The largest absolute Gasteiger partial charge is 0.310 e. The minimum atomic E-state index is 0.639. The number of hydrogen-bond donors (Lipinski definition) is 0. The van der Waals surface area contributed by atoms with Crippen molar-refractivity contribution in [2.75, 3.05) is 9.80 Å². The van der Waals surface area contributed by atoms with Crippen molar-refractivity contribution >= 4 is 67.8 Å². The molecule has 0 aliphatic carbocycles. The molecule has 0 aromatic heterocycles. The second kappa shape index (κ2) is 14.2. The first kappa shape index (κ1) is 31.8. The van der Waals surface area contributed by atoms with Crippen LogP contribution < -0.4 is 9.80 Å². The van der Waals surface area contributed by atoms with Gasteiger partial charge < -0.3 is 9.80 Å². The second-order valence-corrected chi connectivity index (χ2v) is 12.6. The highest BCUT2D eigenvalue weighted by Gasteiger charge is 2.14. The van der Waals surface area contributed by atoms with Gasteiger partial charge in [-0.05, 0) is 142 Å². The van der Waals surface area contributed by atoms with Crippen molar-refractivity contribution in [2.45, 2.75) is 0 Å². The summed E-state index contributed by atoms with van der Waals surface area (Å²) in [6.45, 7) is 0. The lowest BCUT2D eigenvalue weighted by atomic mass is 10.0. The Morgan fingerprint density at radius 2 is 0.654 bits per heavy atom. The summed E-state index contributed by atoms with van der Waals surface area (Å²) < 4.78 is 0. The summed E-state index contributed by atoms with van der Waals surface area (Å²) in [5.74, 6) is 0. The molecule has 0 aliphatic rings. The number of rotatable bonds is 8. The number of nitrogens with zero attached hydrogens (tertiary/aromatic N) is 4. The maximum absolute atomic E-state index is 9.31. The van der Waals surface area contributed by atoms with Crippen LogP contribution in [0.3, 0.4) is 0 Å². The topological polar surface area (TPSA) is 54.1 Å². The first-order valence-corrected chi connectivity index (χ1v) is 17.1. The predicted octanol–water partition coefficient (Wildman–Crippen LogP) is 12.8. The molecule has 4 heteroatoms. The molecule has 4 nitrogen and oxygen atoms in total. The smallest absolute Gasteiger partial charge is 0.0991 e. The molecule has 0 heterocycles. The lowest BCUT2D eigenvalue weighted by Crippen LogP contribution is -2.09. The van der Waals surface area contributed by atoms with Crippen molar-refractivity contribution in [2.24, 2.45) is 0 Å². The van der Waals surface area contributed by atoms with Gasteiger partial charge in [-0.2, -0.15) is 10.5 Å². The van der Waals surface area contributed by atoms with Crippen molar-refractivity contribution < 1.29 is 0 Å². The van der Waals surface area contributed by atoms with E-state index in [0.717, 1.165) is 66.8 Å². The van der Waals surface area contributed by atoms with Gasteiger partial charge in [-0.15, -0.1) is 0 Å². The third kappa shape index (κ3) is 6.61. The first-order valence-electron chi connectivity index (χ1n) is 17.1. The summed E-state index contributed by atoms with van der Waals surface area (Å²) in [5.41, 5.74) is 9.73. The number of anilines is 6. The zero-order valence-corrected chi connectivity index (χ0v) is 28.3. The van der Waals surface area contributed by atoms with Crippen LogP contribution in [0, 0.1) is 22.7 Å². The Morgan fingerprint density at radius 1 is 0.327 bits per heavy atom. The summed E-state index contributed by atoms with van der Waals surface area (Å²) in [6.07, 6.45) is 4.33. The van der Waals surface area contributed by atoms with Crippen LogP contribution in [0.25, 0.3) is 33.7 Å². The third-order valence-electron chi connectivity index (χ3n) is 9.22. The summed E-state index contributed by atoms with van der Waals surface area (Å²) in [7, 11) is 0. The van der Waals surface area contributed by atoms with Gasteiger partial charge in [-0.1, -0.05) is 84.9 Å². The average Bonchev–Trinajstić information content (AvgIpc) is 3.21. The van der Waals surface area contributed by atoms with E-state index in [1.165, 1.54) is 0 Å². The monoisotopic (exact) mass is 664 g/mol. The van der Waals surface area contributed by atoms with Gasteiger partial charge in [0.1, 0.15) is 0 Å². The van der Waals surface area contributed by atoms with E-state index in [0.29, 0.717) is 11.1 Å². The summed E-state index contributed by atoms with van der Waals surface area (Å²) in [6, 6.07) is 66.6. The third-order valence-corrected chi connectivity index (χ3v) is 9.22. The molecule has 0 bridgehead atoms. The highest BCUT2D eigenvalue weighted by atomic mass is 15.1. The van der Waals surface area contributed by atoms with Crippen LogP contribution in [-0.2, 0) is 0 Å². The maximum Gasteiger partial charge on any atom is 0.0991 e. The summed E-state index contributed by atoms with van der Waals surface area (Å²) in [5, 5.41) is 23.3. The fourth-order valence-corrected chi connectivity index (χ4v) is 6.60. The van der Waals surface area contributed by atoms with E-state index in [4.69, 9.17) is 0 Å². The van der Waals surface area contributed by atoms with Crippen LogP contribution in [0.1, 0.15) is 22.3 Å². The van der Waals surface area contributed by atoms with Gasteiger partial charge in [0.15, 0.2) is 0 Å². The lowest BCUT2D eigenvalue weighted by molar-refractivity contribution is 1.29. The fourth-order valence-electron chi connectivity index (χ4n) is 6.60. The summed E-state index contributed by atoms with van der Waals surface area (Å²) in [4.78, 5) is 4.42. The van der Waals surface area contributed by atoms with E-state index in [1.807, 2.05) is 84.9 Å². The van der Waals surface area contributed by atoms with Crippen molar-refractivity contribution in [3.63, 3.8) is 0 Å². The molecular formula is C48H32N4. The molecule has 8 aromatic rings. The molecule has 0 aliphatic heterocycles. The first-order chi connectivity index (χ1) is 25.6. The van der Waals surface area contributed by atoms with Crippen molar-refractivity contribution in [1.82, 2.24) is 0 Å². The highest BCUT2D eigenvalue weighted by molar-refractivity contribution is 5.93. The molecule has 0 fully saturated rings. The van der Waals surface area contributed by atoms with Crippen molar-refractivity contribution in [1.29, 1.82) is 10.5 Å². The van der Waals surface area contributed by atoms with Gasteiger partial charge in [0, 0.05) is 34.1 Å². The molecule has 8 aromatic carbocycles. The molecule has 8 rings (SSSR count). The number of nitriles is 2. The zero-order chi connectivity index (χ0) is 35.3. The van der Waals surface area contributed by atoms with Gasteiger partial charge in [0.05, 0.1) is 23.3 Å². The Labute approximate surface area is 303 Å². The van der Waals surface area contributed by atoms with E-state index < -0.39 is 0 Å². The Hall–Kier alpha value is -7.40. The van der Waals surface area contributed by atoms with Crippen molar-refractivity contribution in [3.8, 4) is 12.1 Å². The van der Waals surface area contributed by atoms with Crippen LogP contribution in [0.15, 0.2) is 182 Å². The Balaban J connectivity index is 1.05. The standard InChI is InChI=1S/C48H32N4/c49-33-37-15-23-45(24-16-37)51(43-7-3-1-4-8-43)47-27-21-39-29-35(13-19-41(39)31-47)11-12-36-14-20-42-32-48(28-22-40(42)30-36)52(44-9-5-2-6-10-44)46-25-17-38(34-50)18-26-46/h1-32H/b12-11+. The quantitative estimate of drug-likeness (QED) is 0.152. The second-order valence-electron chi connectivity index (χ2n) is 12.6. The molecule has 0 spiro atoms. The SMILES string of the molecule is N#Cc1ccc(N(c2ccccc2)c2ccc3cc(/C=C/c4ccc5cc(N(c6ccccc6)c6ccc(C#N)cc6)ccc5c4)ccc3c2)cc1. The average molecular weight is 665 g/mol. The number of fused-ring (bicyclic) bond motifs is 2. The molecule has 52 heavy (non-hydrogen) atoms. The minimum absolute atomic E-state index is 0.639. The van der Waals surface area contributed by atoms with E-state index >= 15 is 0 Å². The minimum Gasteiger partial charge on any atom is -0.310 e. The Morgan fingerprint density at radius 3 is 1.04 bits per heavy atom. The molecule has 0 saturated carbocycles. The zero-order valence-electron chi connectivity index (χ0n) is 28.3. The Bertz CT molecular complexity index is 2450. The van der Waals surface area contributed by atoms with Crippen LogP contribution >= 0.6 is 0 Å². The number of para-hydroxylation sites is 2. The number of benzene rings is 8. The maximum atomic E-state index is 9.31. The molecule has 0 unspecified atom stereocenters. The van der Waals surface area contributed by atoms with Crippen LogP contribution in [0.2, 0.25) is 0 Å². The molecular weight excluding hydrogens is 633 g/mol. The van der Waals surface area contributed by atoms with Gasteiger partial charge >= 0.3 is 0 Å². The summed E-state index contributed by atoms with van der Waals surface area (Å²) >= 11 is 0. The lowest BCUT2D eigenvalue weighted by Gasteiger charge is -2.25. The van der Waals surface area contributed by atoms with Gasteiger partial charge in [0.2, 0.25) is 0 Å². The fraction of sp³-hybridized carbons (Fsp3) is 0. The van der Waals surface area contributed by atoms with E-state index in [1.54, 1.807) is 0 Å². The van der Waals surface area contributed by atoms with Crippen LogP contribution in [-0.4, -0.2) is 0 Å².